The van der Waals surface area contributed by atoms with Crippen molar-refractivity contribution >= 4 is 16.7 Å². The first kappa shape index (κ1) is 14.0. The molecule has 3 aromatic rings. The Morgan fingerprint density at radius 3 is 2.96 bits per heavy atom. The topological polar surface area (TPSA) is 46.8 Å². The van der Waals surface area contributed by atoms with E-state index in [1.54, 1.807) is 18.6 Å². The molecule has 0 bridgehead atoms. The molecule has 1 saturated heterocycles. The normalized spacial score (nSPS) is 18.0. The smallest absolute Gasteiger partial charge is 0.185 e. The van der Waals surface area contributed by atoms with Gasteiger partial charge in [0.25, 0.3) is 0 Å². The van der Waals surface area contributed by atoms with Gasteiger partial charge in [-0.1, -0.05) is 0 Å². The van der Waals surface area contributed by atoms with Gasteiger partial charge in [0.05, 0.1) is 6.33 Å². The maximum Gasteiger partial charge on any atom is 0.185 e. The summed E-state index contributed by atoms with van der Waals surface area (Å²) in [6, 6.07) is 2.93. The Labute approximate surface area is 131 Å². The predicted octanol–water partition coefficient (Wildman–Crippen LogP) is 2.77. The Hall–Kier alpha value is -2.57. The number of halogens is 2. The van der Waals surface area contributed by atoms with Crippen molar-refractivity contribution in [2.45, 2.75) is 25.4 Å². The summed E-state index contributed by atoms with van der Waals surface area (Å²) in [5.74, 6) is -1.15. The van der Waals surface area contributed by atoms with Crippen molar-refractivity contribution in [1.82, 2.24) is 19.5 Å². The van der Waals surface area contributed by atoms with Crippen molar-refractivity contribution in [3.63, 3.8) is 0 Å². The minimum Gasteiger partial charge on any atom is -0.351 e. The molecule has 0 saturated carbocycles. The fourth-order valence-corrected chi connectivity index (χ4v) is 3.23. The second-order valence-electron chi connectivity index (χ2n) is 5.70. The SMILES string of the molecule is Fc1ccc2c(N3CCC[C@@H]3Cn3ccnc3)ncnc2c1F. The van der Waals surface area contributed by atoms with E-state index in [0.29, 0.717) is 11.2 Å². The third-order valence-corrected chi connectivity index (χ3v) is 4.31. The quantitative estimate of drug-likeness (QED) is 0.745. The number of aromatic nitrogens is 4. The zero-order valence-corrected chi connectivity index (χ0v) is 12.4. The molecule has 23 heavy (non-hydrogen) atoms. The number of anilines is 1. The minimum atomic E-state index is -0.920. The maximum atomic E-state index is 14.0. The summed E-state index contributed by atoms with van der Waals surface area (Å²) >= 11 is 0. The Morgan fingerprint density at radius 2 is 2.13 bits per heavy atom. The number of benzene rings is 1. The van der Waals surface area contributed by atoms with E-state index >= 15 is 0 Å². The summed E-state index contributed by atoms with van der Waals surface area (Å²) in [6.07, 6.45) is 8.81. The first-order valence-electron chi connectivity index (χ1n) is 7.55. The molecule has 1 aliphatic heterocycles. The van der Waals surface area contributed by atoms with Crippen LogP contribution < -0.4 is 4.90 Å². The highest BCUT2D eigenvalue weighted by Gasteiger charge is 2.28. The second-order valence-corrected chi connectivity index (χ2v) is 5.70. The number of fused-ring (bicyclic) bond motifs is 1. The first-order chi connectivity index (χ1) is 11.2. The highest BCUT2D eigenvalue weighted by atomic mass is 19.2. The van der Waals surface area contributed by atoms with E-state index in [4.69, 9.17) is 0 Å². The van der Waals surface area contributed by atoms with E-state index in [0.717, 1.165) is 32.0 Å². The Morgan fingerprint density at radius 1 is 1.22 bits per heavy atom. The van der Waals surface area contributed by atoms with Crippen LogP contribution in [0.5, 0.6) is 0 Å². The van der Waals surface area contributed by atoms with Gasteiger partial charge in [-0.05, 0) is 25.0 Å². The molecule has 2 aromatic heterocycles. The molecule has 0 spiro atoms. The van der Waals surface area contributed by atoms with E-state index in [9.17, 15) is 8.78 Å². The number of rotatable bonds is 3. The van der Waals surface area contributed by atoms with E-state index in [-0.39, 0.29) is 11.6 Å². The van der Waals surface area contributed by atoms with E-state index in [1.165, 1.54) is 6.33 Å². The molecule has 0 amide bonds. The molecule has 5 nitrogen and oxygen atoms in total. The summed E-state index contributed by atoms with van der Waals surface area (Å²) < 4.78 is 29.4. The van der Waals surface area contributed by atoms with Crippen LogP contribution >= 0.6 is 0 Å². The van der Waals surface area contributed by atoms with Crippen LogP contribution in [-0.2, 0) is 6.54 Å². The lowest BCUT2D eigenvalue weighted by molar-refractivity contribution is 0.515. The average molecular weight is 315 g/mol. The predicted molar refractivity (Wildman–Crippen MR) is 82.0 cm³/mol. The largest absolute Gasteiger partial charge is 0.351 e. The molecule has 1 aliphatic rings. The van der Waals surface area contributed by atoms with E-state index < -0.39 is 11.6 Å². The molecule has 0 unspecified atom stereocenters. The van der Waals surface area contributed by atoms with Crippen LogP contribution in [0.2, 0.25) is 0 Å². The van der Waals surface area contributed by atoms with Gasteiger partial charge >= 0.3 is 0 Å². The van der Waals surface area contributed by atoms with Gasteiger partial charge in [0.15, 0.2) is 11.6 Å². The van der Waals surface area contributed by atoms with E-state index in [2.05, 4.69) is 19.9 Å². The van der Waals surface area contributed by atoms with Crippen LogP contribution in [0, 0.1) is 11.6 Å². The number of hydrogen-bond acceptors (Lipinski definition) is 4. The standard InChI is InChI=1S/C16H15F2N5/c17-13-4-3-12-15(14(13)18)20-9-21-16(12)23-6-1-2-11(23)8-22-7-5-19-10-22/h3-5,7,9-11H,1-2,6,8H2/t11-/m1/s1. The lowest BCUT2D eigenvalue weighted by Gasteiger charge is -2.27. The molecule has 4 rings (SSSR count). The molecule has 3 heterocycles. The van der Waals surface area contributed by atoms with Crippen LogP contribution in [0.15, 0.2) is 37.2 Å². The van der Waals surface area contributed by atoms with Crippen molar-refractivity contribution in [2.75, 3.05) is 11.4 Å². The van der Waals surface area contributed by atoms with Gasteiger partial charge in [-0.25, -0.2) is 23.7 Å². The Kier molecular flexibility index (Phi) is 3.40. The summed E-state index contributed by atoms with van der Waals surface area (Å²) in [5.41, 5.74) is 0.0308. The molecular formula is C16H15F2N5. The summed E-state index contributed by atoms with van der Waals surface area (Å²) in [4.78, 5) is 14.5. The van der Waals surface area contributed by atoms with E-state index in [1.807, 2.05) is 10.8 Å². The van der Waals surface area contributed by atoms with Gasteiger partial charge in [-0.2, -0.15) is 0 Å². The molecule has 1 fully saturated rings. The van der Waals surface area contributed by atoms with Crippen LogP contribution in [0.25, 0.3) is 10.9 Å². The number of imidazole rings is 1. The van der Waals surface area contributed by atoms with Gasteiger partial charge in [0, 0.05) is 36.9 Å². The average Bonchev–Trinajstić information content (AvgIpc) is 3.23. The molecule has 118 valence electrons. The Bertz CT molecular complexity index is 834. The third-order valence-electron chi connectivity index (χ3n) is 4.31. The second kappa shape index (κ2) is 5.57. The van der Waals surface area contributed by atoms with Gasteiger partial charge < -0.3 is 9.47 Å². The fraction of sp³-hybridized carbons (Fsp3) is 0.312. The summed E-state index contributed by atoms with van der Waals surface area (Å²) in [7, 11) is 0. The fourth-order valence-electron chi connectivity index (χ4n) is 3.23. The molecule has 7 heteroatoms. The van der Waals surface area contributed by atoms with Crippen LogP contribution in [0.1, 0.15) is 12.8 Å². The molecule has 0 radical (unpaired) electrons. The van der Waals surface area contributed by atoms with Crippen molar-refractivity contribution < 1.29 is 8.78 Å². The van der Waals surface area contributed by atoms with Crippen molar-refractivity contribution in [3.8, 4) is 0 Å². The molecule has 0 aliphatic carbocycles. The zero-order valence-electron chi connectivity index (χ0n) is 12.4. The van der Waals surface area contributed by atoms with Crippen molar-refractivity contribution in [2.24, 2.45) is 0 Å². The monoisotopic (exact) mass is 315 g/mol. The molecule has 1 aromatic carbocycles. The third kappa shape index (κ3) is 2.42. The zero-order chi connectivity index (χ0) is 15.8. The summed E-state index contributed by atoms with van der Waals surface area (Å²) in [6.45, 7) is 1.62. The molecule has 0 N–H and O–H groups in total. The Balaban J connectivity index is 1.74. The van der Waals surface area contributed by atoms with Gasteiger partial charge in [-0.15, -0.1) is 0 Å². The highest BCUT2D eigenvalue weighted by Crippen LogP contribution is 2.31. The lowest BCUT2D eigenvalue weighted by atomic mass is 10.2. The first-order valence-corrected chi connectivity index (χ1v) is 7.55. The van der Waals surface area contributed by atoms with Gasteiger partial charge in [-0.3, -0.25) is 0 Å². The van der Waals surface area contributed by atoms with Crippen LogP contribution in [0.4, 0.5) is 14.6 Å². The highest BCUT2D eigenvalue weighted by molar-refractivity contribution is 5.90. The summed E-state index contributed by atoms with van der Waals surface area (Å²) in [5, 5.41) is 0.545. The van der Waals surface area contributed by atoms with Crippen molar-refractivity contribution in [3.05, 3.63) is 48.8 Å². The minimum absolute atomic E-state index is 0.0308. The maximum absolute atomic E-state index is 14.0. The molecule has 1 atom stereocenters. The molecular weight excluding hydrogens is 300 g/mol. The van der Waals surface area contributed by atoms with Crippen LogP contribution in [-0.4, -0.2) is 32.1 Å². The lowest BCUT2D eigenvalue weighted by Crippen LogP contribution is -2.33. The van der Waals surface area contributed by atoms with Crippen LogP contribution in [0.3, 0.4) is 0 Å². The number of nitrogens with zero attached hydrogens (tertiary/aromatic N) is 5. The van der Waals surface area contributed by atoms with Crippen molar-refractivity contribution in [1.29, 1.82) is 0 Å². The van der Waals surface area contributed by atoms with Gasteiger partial charge in [0.2, 0.25) is 0 Å². The van der Waals surface area contributed by atoms with Gasteiger partial charge in [0.1, 0.15) is 17.7 Å². The number of hydrogen-bond donors (Lipinski definition) is 0.